The van der Waals surface area contributed by atoms with Crippen LogP contribution in [0, 0.1) is 13.8 Å². The number of aliphatic hydroxyl groups is 1. The second-order valence-electron chi connectivity index (χ2n) is 9.57. The molecule has 1 unspecified atom stereocenters. The van der Waals surface area contributed by atoms with E-state index in [-0.39, 0.29) is 0 Å². The van der Waals surface area contributed by atoms with E-state index in [0.29, 0.717) is 0 Å². The minimum Gasteiger partial charge on any atom is -0.384 e. The molecular weight excluding hydrogens is 481 g/mol. The molecule has 0 amide bonds. The van der Waals surface area contributed by atoms with E-state index < -0.39 is 17.8 Å². The van der Waals surface area contributed by atoms with Gasteiger partial charge in [0.05, 0.1) is 5.56 Å². The molecule has 38 heavy (non-hydrogen) atoms. The second kappa shape index (κ2) is 10.3. The second-order valence-corrected chi connectivity index (χ2v) is 9.57. The zero-order valence-corrected chi connectivity index (χ0v) is 21.1. The number of aliphatic hydroxyl groups excluding tert-OH is 1. The standard InChI is InChI=1S/C34H27F3O/c1-22-20-28(29-15-19-32(23(2)21-29)25-12-16-30(17-13-25)34(35,36)37)14-18-31(22)24-8-10-27(11-9-24)33(38)26-6-4-3-5-7-26/h3-21,33,38H,1-2H3. The van der Waals surface area contributed by atoms with Gasteiger partial charge < -0.3 is 5.11 Å². The van der Waals surface area contributed by atoms with E-state index in [9.17, 15) is 18.3 Å². The molecule has 0 bridgehead atoms. The highest BCUT2D eigenvalue weighted by Gasteiger charge is 2.30. The highest BCUT2D eigenvalue weighted by molar-refractivity contribution is 5.77. The summed E-state index contributed by atoms with van der Waals surface area (Å²) in [4.78, 5) is 0. The van der Waals surface area contributed by atoms with Crippen LogP contribution in [0.5, 0.6) is 0 Å². The fourth-order valence-electron chi connectivity index (χ4n) is 4.85. The molecule has 5 rings (SSSR count). The van der Waals surface area contributed by atoms with Crippen molar-refractivity contribution in [2.45, 2.75) is 26.1 Å². The average molecular weight is 509 g/mol. The largest absolute Gasteiger partial charge is 0.416 e. The summed E-state index contributed by atoms with van der Waals surface area (Å²) in [6, 6.07) is 35.3. The molecule has 0 heterocycles. The predicted octanol–water partition coefficient (Wildman–Crippen LogP) is 9.40. The summed E-state index contributed by atoms with van der Waals surface area (Å²) in [7, 11) is 0. The van der Waals surface area contributed by atoms with E-state index in [2.05, 4.69) is 31.2 Å². The van der Waals surface area contributed by atoms with Gasteiger partial charge in [-0.1, -0.05) is 103 Å². The summed E-state index contributed by atoms with van der Waals surface area (Å²) in [6.07, 6.45) is -5.00. The van der Waals surface area contributed by atoms with Crippen molar-refractivity contribution in [1.82, 2.24) is 0 Å². The van der Waals surface area contributed by atoms with E-state index in [4.69, 9.17) is 0 Å². The molecule has 4 heteroatoms. The first-order valence-corrected chi connectivity index (χ1v) is 12.4. The molecule has 0 aliphatic heterocycles. The van der Waals surface area contributed by atoms with Crippen molar-refractivity contribution >= 4 is 0 Å². The first kappa shape index (κ1) is 25.5. The molecule has 5 aromatic rings. The van der Waals surface area contributed by atoms with Crippen LogP contribution in [0.2, 0.25) is 0 Å². The maximum absolute atomic E-state index is 12.9. The van der Waals surface area contributed by atoms with Crippen molar-refractivity contribution in [3.63, 3.8) is 0 Å². The molecule has 0 saturated heterocycles. The molecule has 0 radical (unpaired) electrons. The molecule has 1 N–H and O–H groups in total. The smallest absolute Gasteiger partial charge is 0.384 e. The summed E-state index contributed by atoms with van der Waals surface area (Å²) in [5.41, 5.74) is 9.17. The molecule has 0 fully saturated rings. The Morgan fingerprint density at radius 2 is 0.947 bits per heavy atom. The van der Waals surface area contributed by atoms with Crippen molar-refractivity contribution in [2.75, 3.05) is 0 Å². The van der Waals surface area contributed by atoms with Crippen LogP contribution >= 0.6 is 0 Å². The molecule has 1 atom stereocenters. The zero-order chi connectivity index (χ0) is 26.9. The van der Waals surface area contributed by atoms with E-state index in [1.807, 2.05) is 73.7 Å². The molecule has 5 aromatic carbocycles. The summed E-state index contributed by atoms with van der Waals surface area (Å²) in [5, 5.41) is 10.7. The van der Waals surface area contributed by atoms with Crippen LogP contribution in [-0.4, -0.2) is 5.11 Å². The van der Waals surface area contributed by atoms with Crippen molar-refractivity contribution in [1.29, 1.82) is 0 Å². The number of hydrogen-bond donors (Lipinski definition) is 1. The van der Waals surface area contributed by atoms with E-state index in [0.717, 1.165) is 67.8 Å². The third-order valence-electron chi connectivity index (χ3n) is 6.96. The Labute approximate surface area is 220 Å². The van der Waals surface area contributed by atoms with Crippen LogP contribution in [0.4, 0.5) is 13.2 Å². The molecule has 0 aromatic heterocycles. The van der Waals surface area contributed by atoms with Crippen LogP contribution in [0.3, 0.4) is 0 Å². The lowest BCUT2D eigenvalue weighted by Crippen LogP contribution is -2.04. The van der Waals surface area contributed by atoms with Crippen LogP contribution in [0.15, 0.2) is 115 Å². The van der Waals surface area contributed by atoms with E-state index >= 15 is 0 Å². The number of alkyl halides is 3. The van der Waals surface area contributed by atoms with Crippen LogP contribution in [-0.2, 0) is 6.18 Å². The zero-order valence-electron chi connectivity index (χ0n) is 21.1. The Balaban J connectivity index is 1.37. The van der Waals surface area contributed by atoms with Gasteiger partial charge in [0, 0.05) is 0 Å². The van der Waals surface area contributed by atoms with Gasteiger partial charge in [0.25, 0.3) is 0 Å². The summed E-state index contributed by atoms with van der Waals surface area (Å²) in [6.45, 7) is 4.05. The molecule has 190 valence electrons. The summed E-state index contributed by atoms with van der Waals surface area (Å²) in [5.74, 6) is 0. The van der Waals surface area contributed by atoms with Crippen LogP contribution in [0.1, 0.15) is 33.9 Å². The van der Waals surface area contributed by atoms with Gasteiger partial charge in [-0.3, -0.25) is 0 Å². The Morgan fingerprint density at radius 1 is 0.526 bits per heavy atom. The maximum atomic E-state index is 12.9. The Kier molecular flexibility index (Phi) is 6.92. The monoisotopic (exact) mass is 508 g/mol. The third kappa shape index (κ3) is 5.27. The summed E-state index contributed by atoms with van der Waals surface area (Å²) >= 11 is 0. The number of hydrogen-bond acceptors (Lipinski definition) is 1. The highest BCUT2D eigenvalue weighted by Crippen LogP contribution is 2.34. The van der Waals surface area contributed by atoms with Crippen molar-refractivity contribution in [3.05, 3.63) is 143 Å². The SMILES string of the molecule is Cc1cc(-c2ccc(-c3ccc(C(F)(F)F)cc3)c(C)c2)ccc1-c1ccc(C(O)c2ccccc2)cc1. The summed E-state index contributed by atoms with van der Waals surface area (Å²) < 4.78 is 38.7. The van der Waals surface area contributed by atoms with E-state index in [1.165, 1.54) is 12.1 Å². The fourth-order valence-corrected chi connectivity index (χ4v) is 4.85. The predicted molar refractivity (Wildman–Crippen MR) is 148 cm³/mol. The Morgan fingerprint density at radius 3 is 1.39 bits per heavy atom. The van der Waals surface area contributed by atoms with Gasteiger partial charge in [-0.05, 0) is 81.6 Å². The molecule has 0 aliphatic rings. The molecule has 1 nitrogen and oxygen atoms in total. The molecular formula is C34H27F3O. The normalized spacial score (nSPS) is 12.4. The first-order chi connectivity index (χ1) is 18.2. The average Bonchev–Trinajstić information content (AvgIpc) is 2.93. The minimum absolute atomic E-state index is 0.645. The van der Waals surface area contributed by atoms with Crippen molar-refractivity contribution in [3.8, 4) is 33.4 Å². The number of halogens is 3. The van der Waals surface area contributed by atoms with Crippen molar-refractivity contribution < 1.29 is 18.3 Å². The van der Waals surface area contributed by atoms with Gasteiger partial charge in [0.15, 0.2) is 0 Å². The van der Waals surface area contributed by atoms with Crippen molar-refractivity contribution in [2.24, 2.45) is 0 Å². The van der Waals surface area contributed by atoms with Crippen LogP contribution in [0.25, 0.3) is 33.4 Å². The van der Waals surface area contributed by atoms with Gasteiger partial charge in [0.2, 0.25) is 0 Å². The first-order valence-electron chi connectivity index (χ1n) is 12.4. The van der Waals surface area contributed by atoms with Gasteiger partial charge in [-0.15, -0.1) is 0 Å². The lowest BCUT2D eigenvalue weighted by molar-refractivity contribution is -0.137. The Hall–Kier alpha value is -4.15. The topological polar surface area (TPSA) is 20.2 Å². The molecule has 0 aliphatic carbocycles. The quantitative estimate of drug-likeness (QED) is 0.251. The van der Waals surface area contributed by atoms with E-state index in [1.54, 1.807) is 0 Å². The number of aryl methyl sites for hydroxylation is 2. The molecule has 0 spiro atoms. The minimum atomic E-state index is -4.34. The number of benzene rings is 5. The molecule has 0 saturated carbocycles. The third-order valence-corrected chi connectivity index (χ3v) is 6.96. The Bertz CT molecular complexity index is 1550. The number of rotatable bonds is 5. The van der Waals surface area contributed by atoms with Gasteiger partial charge >= 0.3 is 6.18 Å². The lowest BCUT2D eigenvalue weighted by atomic mass is 9.92. The van der Waals surface area contributed by atoms with Gasteiger partial charge in [-0.25, -0.2) is 0 Å². The lowest BCUT2D eigenvalue weighted by Gasteiger charge is -2.14. The van der Waals surface area contributed by atoms with Crippen LogP contribution < -0.4 is 0 Å². The van der Waals surface area contributed by atoms with Gasteiger partial charge in [-0.2, -0.15) is 13.2 Å². The maximum Gasteiger partial charge on any atom is 0.416 e. The fraction of sp³-hybridized carbons (Fsp3) is 0.118. The highest BCUT2D eigenvalue weighted by atomic mass is 19.4. The van der Waals surface area contributed by atoms with Gasteiger partial charge in [0.1, 0.15) is 6.10 Å².